The van der Waals surface area contributed by atoms with E-state index < -0.39 is 22.5 Å². The lowest BCUT2D eigenvalue weighted by atomic mass is 9.89. The molecule has 3 aliphatic rings. The molecule has 2 amide bonds. The van der Waals surface area contributed by atoms with Crippen LogP contribution in [0.2, 0.25) is 0 Å². The quantitative estimate of drug-likeness (QED) is 0.128. The molecule has 0 bridgehead atoms. The standard InChI is InChI=1S/C31H25N3O6S/c35-26-19-27-33(26)31(16-18-41-27,20-23-15-17-32(29(23)36)24-11-13-25(14-12-24)34(38)39)30(37)40-28(21-7-3-1-4-8-21)22-9-5-2-6-10-22/h1-14,16,18,20,27-28H,15,17,19H2. The van der Waals surface area contributed by atoms with Gasteiger partial charge in [-0.25, -0.2) is 4.79 Å². The Morgan fingerprint density at radius 1 is 1.00 bits per heavy atom. The first-order chi connectivity index (χ1) is 19.9. The Kier molecular flexibility index (Phi) is 6.92. The van der Waals surface area contributed by atoms with Gasteiger partial charge in [-0.2, -0.15) is 0 Å². The number of amides is 2. The summed E-state index contributed by atoms with van der Waals surface area (Å²) < 4.78 is 6.23. The zero-order chi connectivity index (χ0) is 28.6. The SMILES string of the molecule is O=C1C(=CC2(C(=O)OC(c3ccccc3)c3ccccc3)C=CSC3CC(=O)N32)CCN1c1ccc([N+](=O)[O-])cc1. The van der Waals surface area contributed by atoms with Gasteiger partial charge in [0.05, 0.1) is 16.7 Å². The fourth-order valence-electron chi connectivity index (χ4n) is 5.40. The monoisotopic (exact) mass is 567 g/mol. The molecule has 2 saturated heterocycles. The van der Waals surface area contributed by atoms with Gasteiger partial charge in [0.2, 0.25) is 5.91 Å². The van der Waals surface area contributed by atoms with Crippen molar-refractivity contribution >= 4 is 40.9 Å². The number of benzene rings is 3. The van der Waals surface area contributed by atoms with E-state index in [2.05, 4.69) is 0 Å². The maximum absolute atomic E-state index is 14.2. The number of rotatable bonds is 7. The number of nitro benzene ring substituents is 1. The Balaban J connectivity index is 1.36. The number of nitro groups is 1. The van der Waals surface area contributed by atoms with E-state index >= 15 is 0 Å². The Hall–Kier alpha value is -4.70. The molecule has 3 aromatic carbocycles. The minimum atomic E-state index is -1.59. The van der Waals surface area contributed by atoms with Crippen molar-refractivity contribution in [2.45, 2.75) is 29.9 Å². The Bertz CT molecular complexity index is 1530. The topological polar surface area (TPSA) is 110 Å². The molecule has 0 aromatic heterocycles. The maximum Gasteiger partial charge on any atom is 0.341 e. The molecule has 0 saturated carbocycles. The number of anilines is 1. The second-order valence-electron chi connectivity index (χ2n) is 9.94. The first-order valence-corrected chi connectivity index (χ1v) is 14.1. The van der Waals surface area contributed by atoms with Crippen molar-refractivity contribution in [3.05, 3.63) is 129 Å². The smallest absolute Gasteiger partial charge is 0.341 e. The molecular formula is C31H25N3O6S. The molecule has 0 spiro atoms. The number of esters is 1. The van der Waals surface area contributed by atoms with E-state index in [1.807, 2.05) is 60.7 Å². The molecule has 9 nitrogen and oxygen atoms in total. The summed E-state index contributed by atoms with van der Waals surface area (Å²) in [7, 11) is 0. The number of ether oxygens (including phenoxy) is 1. The van der Waals surface area contributed by atoms with Crippen LogP contribution in [0.15, 0.2) is 108 Å². The van der Waals surface area contributed by atoms with Crippen LogP contribution in [0, 0.1) is 10.1 Å². The maximum atomic E-state index is 14.2. The predicted octanol–water partition coefficient (Wildman–Crippen LogP) is 5.15. The molecule has 41 heavy (non-hydrogen) atoms. The number of hydrogen-bond donors (Lipinski definition) is 0. The Morgan fingerprint density at radius 2 is 1.63 bits per heavy atom. The van der Waals surface area contributed by atoms with Crippen LogP contribution in [0.3, 0.4) is 0 Å². The summed E-state index contributed by atoms with van der Waals surface area (Å²) >= 11 is 1.44. The van der Waals surface area contributed by atoms with Gasteiger partial charge >= 0.3 is 5.97 Å². The highest BCUT2D eigenvalue weighted by Crippen LogP contribution is 2.45. The van der Waals surface area contributed by atoms with Gasteiger partial charge < -0.3 is 14.5 Å². The average molecular weight is 568 g/mol. The molecule has 10 heteroatoms. The van der Waals surface area contributed by atoms with E-state index in [0.29, 0.717) is 24.2 Å². The van der Waals surface area contributed by atoms with Gasteiger partial charge in [-0.15, -0.1) is 11.8 Å². The number of thioether (sulfide) groups is 1. The van der Waals surface area contributed by atoms with Crippen molar-refractivity contribution in [1.29, 1.82) is 0 Å². The van der Waals surface area contributed by atoms with E-state index in [1.54, 1.807) is 17.6 Å². The average Bonchev–Trinajstić information content (AvgIpc) is 3.35. The highest BCUT2D eigenvalue weighted by atomic mass is 32.2. The van der Waals surface area contributed by atoms with Crippen LogP contribution >= 0.6 is 11.8 Å². The fraction of sp³-hybridized carbons (Fsp3) is 0.194. The number of carbonyl (C=O) groups excluding carboxylic acids is 3. The molecule has 0 N–H and O–H groups in total. The molecule has 6 rings (SSSR count). The van der Waals surface area contributed by atoms with E-state index in [1.165, 1.54) is 45.8 Å². The second-order valence-corrected chi connectivity index (χ2v) is 11.0. The molecule has 0 radical (unpaired) electrons. The van der Waals surface area contributed by atoms with E-state index in [0.717, 1.165) is 11.1 Å². The third kappa shape index (κ3) is 4.80. The van der Waals surface area contributed by atoms with Gasteiger partial charge in [0.15, 0.2) is 11.6 Å². The number of non-ortho nitro benzene ring substituents is 1. The summed E-state index contributed by atoms with van der Waals surface area (Å²) in [6.45, 7) is 0.333. The number of carbonyl (C=O) groups is 3. The zero-order valence-electron chi connectivity index (χ0n) is 21.8. The van der Waals surface area contributed by atoms with Crippen LogP contribution in [0.5, 0.6) is 0 Å². The van der Waals surface area contributed by atoms with E-state index in [-0.39, 0.29) is 29.3 Å². The lowest BCUT2D eigenvalue weighted by Crippen LogP contribution is -2.66. The molecule has 3 aromatic rings. The van der Waals surface area contributed by atoms with Gasteiger partial charge in [-0.3, -0.25) is 19.7 Å². The van der Waals surface area contributed by atoms with Crippen LogP contribution in [0.25, 0.3) is 0 Å². The van der Waals surface area contributed by atoms with Crippen LogP contribution in [0.4, 0.5) is 11.4 Å². The summed E-state index contributed by atoms with van der Waals surface area (Å²) in [6, 6.07) is 24.5. The normalized spacial score (nSPS) is 22.6. The third-order valence-corrected chi connectivity index (χ3v) is 8.49. The lowest BCUT2D eigenvalue weighted by Gasteiger charge is -2.51. The van der Waals surface area contributed by atoms with Crippen molar-refractivity contribution in [2.24, 2.45) is 0 Å². The number of fused-ring (bicyclic) bond motifs is 1. The zero-order valence-corrected chi connectivity index (χ0v) is 22.6. The summed E-state index contributed by atoms with van der Waals surface area (Å²) in [5.41, 5.74) is 0.765. The molecule has 3 aliphatic heterocycles. The van der Waals surface area contributed by atoms with Crippen LogP contribution in [-0.4, -0.2) is 45.1 Å². The predicted molar refractivity (Wildman–Crippen MR) is 154 cm³/mol. The number of hydrogen-bond acceptors (Lipinski definition) is 7. The molecule has 206 valence electrons. The summed E-state index contributed by atoms with van der Waals surface area (Å²) in [4.78, 5) is 54.3. The Morgan fingerprint density at radius 3 is 2.22 bits per heavy atom. The summed E-state index contributed by atoms with van der Waals surface area (Å²) in [5.74, 6) is -1.18. The fourth-order valence-corrected chi connectivity index (χ4v) is 6.52. The van der Waals surface area contributed by atoms with Crippen molar-refractivity contribution < 1.29 is 24.0 Å². The molecule has 2 fully saturated rings. The third-order valence-electron chi connectivity index (χ3n) is 7.51. The van der Waals surface area contributed by atoms with Crippen molar-refractivity contribution in [1.82, 2.24) is 4.90 Å². The van der Waals surface area contributed by atoms with E-state index in [4.69, 9.17) is 4.74 Å². The lowest BCUT2D eigenvalue weighted by molar-refractivity contribution is -0.384. The van der Waals surface area contributed by atoms with Gasteiger partial charge in [0.25, 0.3) is 11.6 Å². The van der Waals surface area contributed by atoms with Crippen LogP contribution < -0.4 is 4.90 Å². The number of nitrogens with zero attached hydrogens (tertiary/aromatic N) is 3. The molecule has 2 unspecified atom stereocenters. The highest BCUT2D eigenvalue weighted by molar-refractivity contribution is 8.02. The van der Waals surface area contributed by atoms with Gasteiger partial charge in [0.1, 0.15) is 0 Å². The molecule has 2 atom stereocenters. The first kappa shape index (κ1) is 26.5. The Labute approximate surface area is 240 Å². The molecular weight excluding hydrogens is 542 g/mol. The van der Waals surface area contributed by atoms with Crippen LogP contribution in [0.1, 0.15) is 30.1 Å². The first-order valence-electron chi connectivity index (χ1n) is 13.1. The van der Waals surface area contributed by atoms with Gasteiger partial charge in [-0.1, -0.05) is 60.7 Å². The molecule has 0 aliphatic carbocycles. The minimum Gasteiger partial charge on any atom is -0.450 e. The van der Waals surface area contributed by atoms with Crippen molar-refractivity contribution in [3.63, 3.8) is 0 Å². The second kappa shape index (κ2) is 10.7. The van der Waals surface area contributed by atoms with Gasteiger partial charge in [0, 0.05) is 29.9 Å². The van der Waals surface area contributed by atoms with Crippen molar-refractivity contribution in [3.8, 4) is 0 Å². The molecule has 3 heterocycles. The van der Waals surface area contributed by atoms with E-state index in [9.17, 15) is 24.5 Å². The number of β-lactam (4-membered cyclic amide) rings is 1. The van der Waals surface area contributed by atoms with Gasteiger partial charge in [-0.05, 0) is 47.2 Å². The highest BCUT2D eigenvalue weighted by Gasteiger charge is 2.56. The van der Waals surface area contributed by atoms with Crippen LogP contribution in [-0.2, 0) is 19.1 Å². The largest absolute Gasteiger partial charge is 0.450 e. The minimum absolute atomic E-state index is 0.0728. The summed E-state index contributed by atoms with van der Waals surface area (Å²) in [6.07, 6.45) is 3.09. The van der Waals surface area contributed by atoms with Crippen molar-refractivity contribution in [2.75, 3.05) is 11.4 Å². The summed E-state index contributed by atoms with van der Waals surface area (Å²) in [5, 5.41) is 12.6.